The zero-order valence-corrected chi connectivity index (χ0v) is 21.3. The van der Waals surface area contributed by atoms with Gasteiger partial charge in [-0.1, -0.05) is 58.5 Å². The van der Waals surface area contributed by atoms with E-state index in [1.165, 1.54) is 17.2 Å². The molecule has 0 saturated heterocycles. The van der Waals surface area contributed by atoms with Crippen molar-refractivity contribution in [3.05, 3.63) is 95.0 Å². The van der Waals surface area contributed by atoms with Crippen molar-refractivity contribution < 1.29 is 19.0 Å². The van der Waals surface area contributed by atoms with Crippen LogP contribution in [0.3, 0.4) is 0 Å². The lowest BCUT2D eigenvalue weighted by atomic mass is 9.81. The summed E-state index contributed by atoms with van der Waals surface area (Å²) in [4.78, 5) is 0. The summed E-state index contributed by atoms with van der Waals surface area (Å²) in [6.45, 7) is 12.6. The maximum Gasteiger partial charge on any atom is 0.131 e. The van der Waals surface area contributed by atoms with E-state index in [1.807, 2.05) is 25.1 Å². The van der Waals surface area contributed by atoms with E-state index in [0.717, 1.165) is 35.3 Å². The van der Waals surface area contributed by atoms with Crippen LogP contribution in [0.25, 0.3) is 11.1 Å². The second-order valence-electron chi connectivity index (χ2n) is 10.6. The molecule has 4 heteroatoms. The number of aryl methyl sites for hydroxylation is 1. The molecule has 2 atom stereocenters. The zero-order chi connectivity index (χ0) is 25.3. The zero-order valence-electron chi connectivity index (χ0n) is 21.3. The molecule has 0 spiro atoms. The number of halogens is 1. The largest absolute Gasteiger partial charge is 0.513 e. The minimum absolute atomic E-state index is 0.0189. The molecule has 0 bridgehead atoms. The summed E-state index contributed by atoms with van der Waals surface area (Å²) < 4.78 is 26.3. The number of hydrogen-bond donors (Lipinski definition) is 1. The van der Waals surface area contributed by atoms with Gasteiger partial charge >= 0.3 is 0 Å². The molecule has 0 radical (unpaired) electrons. The topological polar surface area (TPSA) is 38.7 Å². The molecular formula is C31H35FO3. The molecule has 1 N–H and O–H groups in total. The summed E-state index contributed by atoms with van der Waals surface area (Å²) in [6, 6.07) is 17.2. The molecule has 0 heterocycles. The molecule has 0 amide bonds. The highest BCUT2D eigenvalue weighted by molar-refractivity contribution is 5.71. The van der Waals surface area contributed by atoms with Crippen molar-refractivity contribution in [2.24, 2.45) is 5.92 Å². The van der Waals surface area contributed by atoms with Gasteiger partial charge in [-0.25, -0.2) is 4.39 Å². The summed E-state index contributed by atoms with van der Waals surface area (Å²) in [5.74, 6) is 1.68. The first-order valence-corrected chi connectivity index (χ1v) is 12.2. The summed E-state index contributed by atoms with van der Waals surface area (Å²) in [5, 5.41) is 9.91. The molecule has 4 rings (SSSR count). The average molecular weight is 475 g/mol. The van der Waals surface area contributed by atoms with Gasteiger partial charge in [-0.05, 0) is 82.3 Å². The Bertz CT molecular complexity index is 1240. The van der Waals surface area contributed by atoms with Crippen LogP contribution in [-0.4, -0.2) is 12.2 Å². The number of hydrogen-bond acceptors (Lipinski definition) is 3. The van der Waals surface area contributed by atoms with E-state index in [1.54, 1.807) is 19.2 Å². The van der Waals surface area contributed by atoms with E-state index in [9.17, 15) is 9.50 Å². The number of allylic oxidation sites excluding steroid dienone is 1. The van der Waals surface area contributed by atoms with Crippen LogP contribution in [0.1, 0.15) is 62.3 Å². The standard InChI is InChI=1S/C31H35FO3/c1-19(20(2)33)25-13-9-22-8-10-24(17-27(22)25)35-18-21-7-12-26(29(15-21)31(3,4)5)28-16-23(34-6)11-14-30(28)32/h7-8,10-12,14-17,19,25,33H,2,9,13,18H2,1,3-6H3/t19-,25-/m0/s1. The molecular weight excluding hydrogens is 439 g/mol. The minimum atomic E-state index is -0.271. The van der Waals surface area contributed by atoms with Gasteiger partial charge in [0.1, 0.15) is 23.9 Å². The first-order valence-electron chi connectivity index (χ1n) is 12.2. The van der Waals surface area contributed by atoms with Gasteiger partial charge in [0.2, 0.25) is 0 Å². The summed E-state index contributed by atoms with van der Waals surface area (Å²) in [7, 11) is 1.59. The quantitative estimate of drug-likeness (QED) is 0.352. The molecule has 1 aliphatic rings. The van der Waals surface area contributed by atoms with Gasteiger partial charge in [-0.2, -0.15) is 0 Å². The summed E-state index contributed by atoms with van der Waals surface area (Å²) in [5.41, 5.74) is 5.83. The first kappa shape index (κ1) is 24.8. The molecule has 3 nitrogen and oxygen atoms in total. The first-order chi connectivity index (χ1) is 16.6. The lowest BCUT2D eigenvalue weighted by Crippen LogP contribution is -2.14. The van der Waals surface area contributed by atoms with Gasteiger partial charge in [0.15, 0.2) is 0 Å². The van der Waals surface area contributed by atoms with E-state index in [2.05, 4.69) is 45.5 Å². The molecule has 1 aliphatic carbocycles. The Balaban J connectivity index is 1.60. The predicted octanol–water partition coefficient (Wildman–Crippen LogP) is 8.12. The summed E-state index contributed by atoms with van der Waals surface area (Å²) >= 11 is 0. The van der Waals surface area contributed by atoms with Crippen LogP contribution >= 0.6 is 0 Å². The van der Waals surface area contributed by atoms with Crippen LogP contribution < -0.4 is 9.47 Å². The van der Waals surface area contributed by atoms with Crippen LogP contribution in [0, 0.1) is 11.7 Å². The van der Waals surface area contributed by atoms with E-state index >= 15 is 0 Å². The number of rotatable bonds is 7. The number of aliphatic hydroxyl groups is 1. The molecule has 0 unspecified atom stereocenters. The third-order valence-electron chi connectivity index (χ3n) is 7.13. The fraction of sp³-hybridized carbons (Fsp3) is 0.355. The van der Waals surface area contributed by atoms with Crippen molar-refractivity contribution in [1.82, 2.24) is 0 Å². The van der Waals surface area contributed by atoms with E-state index in [4.69, 9.17) is 9.47 Å². The molecule has 3 aromatic carbocycles. The van der Waals surface area contributed by atoms with Gasteiger partial charge in [-0.15, -0.1) is 0 Å². The van der Waals surface area contributed by atoms with Crippen molar-refractivity contribution in [2.45, 2.75) is 58.5 Å². The van der Waals surface area contributed by atoms with Gasteiger partial charge in [0, 0.05) is 11.5 Å². The van der Waals surface area contributed by atoms with Gasteiger partial charge in [-0.3, -0.25) is 0 Å². The second kappa shape index (κ2) is 9.77. The Hall–Kier alpha value is -3.27. The lowest BCUT2D eigenvalue weighted by molar-refractivity contribution is 0.302. The minimum Gasteiger partial charge on any atom is -0.513 e. The molecule has 0 fully saturated rings. The highest BCUT2D eigenvalue weighted by atomic mass is 19.1. The molecule has 184 valence electrons. The molecule has 3 aromatic rings. The molecule has 35 heavy (non-hydrogen) atoms. The molecule has 0 aliphatic heterocycles. The second-order valence-corrected chi connectivity index (χ2v) is 10.6. The number of aliphatic hydroxyl groups excluding tert-OH is 1. The predicted molar refractivity (Wildman–Crippen MR) is 140 cm³/mol. The Labute approximate surface area is 208 Å². The van der Waals surface area contributed by atoms with E-state index < -0.39 is 0 Å². The van der Waals surface area contributed by atoms with E-state index in [-0.39, 0.29) is 28.8 Å². The monoisotopic (exact) mass is 474 g/mol. The number of methoxy groups -OCH3 is 1. The smallest absolute Gasteiger partial charge is 0.131 e. The molecule has 0 saturated carbocycles. The van der Waals surface area contributed by atoms with Crippen molar-refractivity contribution in [3.8, 4) is 22.6 Å². The fourth-order valence-corrected chi connectivity index (χ4v) is 4.99. The van der Waals surface area contributed by atoms with Crippen LogP contribution in [-0.2, 0) is 18.4 Å². The van der Waals surface area contributed by atoms with Crippen LogP contribution in [0.2, 0.25) is 0 Å². The SMILES string of the molecule is C=C(O)[C@H](C)[C@@H]1CCc2ccc(OCc3ccc(-c4cc(OC)ccc4F)c(C(C)(C)C)c3)cc21. The highest BCUT2D eigenvalue weighted by Crippen LogP contribution is 2.42. The van der Waals surface area contributed by atoms with Crippen molar-refractivity contribution in [3.63, 3.8) is 0 Å². The van der Waals surface area contributed by atoms with Crippen molar-refractivity contribution in [2.75, 3.05) is 7.11 Å². The Morgan fingerprint density at radius 3 is 2.49 bits per heavy atom. The number of benzene rings is 3. The Morgan fingerprint density at radius 1 is 1.06 bits per heavy atom. The highest BCUT2D eigenvalue weighted by Gasteiger charge is 2.29. The normalized spacial score (nSPS) is 16.0. The van der Waals surface area contributed by atoms with Gasteiger partial charge in [0.05, 0.1) is 12.9 Å². The van der Waals surface area contributed by atoms with Gasteiger partial charge in [0.25, 0.3) is 0 Å². The molecule has 0 aromatic heterocycles. The fourth-order valence-electron chi connectivity index (χ4n) is 4.99. The average Bonchev–Trinajstić information content (AvgIpc) is 3.25. The van der Waals surface area contributed by atoms with Gasteiger partial charge < -0.3 is 14.6 Å². The Morgan fingerprint density at radius 2 is 1.80 bits per heavy atom. The third-order valence-corrected chi connectivity index (χ3v) is 7.13. The van der Waals surface area contributed by atoms with Crippen LogP contribution in [0.15, 0.2) is 66.9 Å². The van der Waals surface area contributed by atoms with Crippen LogP contribution in [0.5, 0.6) is 11.5 Å². The van der Waals surface area contributed by atoms with E-state index in [0.29, 0.717) is 17.9 Å². The van der Waals surface area contributed by atoms with Crippen molar-refractivity contribution in [1.29, 1.82) is 0 Å². The third kappa shape index (κ3) is 5.22. The lowest BCUT2D eigenvalue weighted by Gasteiger charge is -2.25. The number of fused-ring (bicyclic) bond motifs is 1. The maximum atomic E-state index is 14.8. The maximum absolute atomic E-state index is 14.8. The summed E-state index contributed by atoms with van der Waals surface area (Å²) in [6.07, 6.45) is 2.02. The van der Waals surface area contributed by atoms with Crippen LogP contribution in [0.4, 0.5) is 4.39 Å². The number of ether oxygens (including phenoxy) is 2. The Kier molecular flexibility index (Phi) is 6.93. The van der Waals surface area contributed by atoms with Crippen molar-refractivity contribution >= 4 is 0 Å².